The van der Waals surface area contributed by atoms with Crippen LogP contribution in [0.25, 0.3) is 11.1 Å². The lowest BCUT2D eigenvalue weighted by Gasteiger charge is -2.21. The van der Waals surface area contributed by atoms with Gasteiger partial charge in [0.1, 0.15) is 0 Å². The van der Waals surface area contributed by atoms with Crippen molar-refractivity contribution >= 4 is 5.97 Å². The summed E-state index contributed by atoms with van der Waals surface area (Å²) in [4.78, 5) is 25.0. The molecule has 0 unspecified atom stereocenters. The van der Waals surface area contributed by atoms with Crippen molar-refractivity contribution in [1.29, 1.82) is 0 Å². The molecule has 180 valence electrons. The maximum absolute atomic E-state index is 13.4. The highest BCUT2D eigenvalue weighted by Gasteiger charge is 2.23. The van der Waals surface area contributed by atoms with E-state index in [-0.39, 0.29) is 16.7 Å². The topological polar surface area (TPSA) is 64.2 Å². The van der Waals surface area contributed by atoms with Crippen molar-refractivity contribution in [2.45, 2.75) is 77.8 Å². The third-order valence-electron chi connectivity index (χ3n) is 7.08. The first-order chi connectivity index (χ1) is 16.2. The molecule has 34 heavy (non-hydrogen) atoms. The van der Waals surface area contributed by atoms with Gasteiger partial charge in [0.05, 0.1) is 12.1 Å². The van der Waals surface area contributed by atoms with Crippen LogP contribution in [0.5, 0.6) is 0 Å². The molecule has 0 aliphatic heterocycles. The molecular weight excluding hydrogens is 424 g/mol. The fraction of sp³-hybridized carbons (Fsp3) is 0.448. The number of hydrogen-bond donors (Lipinski definition) is 1. The highest BCUT2D eigenvalue weighted by molar-refractivity contribution is 5.95. The summed E-state index contributed by atoms with van der Waals surface area (Å²) < 4.78 is 3.81. The molecule has 1 aliphatic rings. The van der Waals surface area contributed by atoms with Crippen LogP contribution >= 0.6 is 0 Å². The van der Waals surface area contributed by atoms with E-state index in [1.54, 1.807) is 12.1 Å². The summed E-state index contributed by atoms with van der Waals surface area (Å²) >= 11 is 0. The van der Waals surface area contributed by atoms with Crippen LogP contribution in [-0.4, -0.2) is 20.2 Å². The SMILES string of the molecule is CC(C)(C)c1cn(CCC2CCCCC2)c(=O)n1Cc1ccc(-c2ccccc2C(=O)O)cc1. The van der Waals surface area contributed by atoms with Crippen molar-refractivity contribution in [3.63, 3.8) is 0 Å². The zero-order valence-electron chi connectivity index (χ0n) is 20.6. The van der Waals surface area contributed by atoms with Gasteiger partial charge in [-0.3, -0.25) is 9.13 Å². The van der Waals surface area contributed by atoms with Crippen LogP contribution in [0.15, 0.2) is 59.5 Å². The summed E-state index contributed by atoms with van der Waals surface area (Å²) in [6, 6.07) is 14.9. The van der Waals surface area contributed by atoms with Crippen LogP contribution in [-0.2, 0) is 18.5 Å². The Bertz CT molecular complexity index is 1190. The van der Waals surface area contributed by atoms with Crippen LogP contribution in [0.4, 0.5) is 0 Å². The summed E-state index contributed by atoms with van der Waals surface area (Å²) in [6.07, 6.45) is 9.70. The zero-order valence-corrected chi connectivity index (χ0v) is 20.6. The minimum absolute atomic E-state index is 0.0565. The number of imidazole rings is 1. The van der Waals surface area contributed by atoms with E-state index in [2.05, 4.69) is 27.0 Å². The van der Waals surface area contributed by atoms with Gasteiger partial charge in [0, 0.05) is 23.9 Å². The van der Waals surface area contributed by atoms with Gasteiger partial charge in [-0.25, -0.2) is 9.59 Å². The molecule has 1 N–H and O–H groups in total. The molecule has 0 saturated heterocycles. The second-order valence-corrected chi connectivity index (χ2v) is 10.7. The number of nitrogens with zero attached hydrogens (tertiary/aromatic N) is 2. The molecule has 0 atom stereocenters. The molecule has 1 heterocycles. The van der Waals surface area contributed by atoms with E-state index in [9.17, 15) is 14.7 Å². The summed E-state index contributed by atoms with van der Waals surface area (Å²) in [7, 11) is 0. The third-order valence-corrected chi connectivity index (χ3v) is 7.08. The lowest BCUT2D eigenvalue weighted by Crippen LogP contribution is -2.28. The summed E-state index contributed by atoms with van der Waals surface area (Å²) in [5.74, 6) is -0.195. The number of carbonyl (C=O) groups is 1. The molecule has 0 bridgehead atoms. The lowest BCUT2D eigenvalue weighted by atomic mass is 9.87. The largest absolute Gasteiger partial charge is 0.478 e. The van der Waals surface area contributed by atoms with Crippen LogP contribution < -0.4 is 5.69 Å². The molecule has 0 radical (unpaired) electrons. The van der Waals surface area contributed by atoms with Crippen molar-refractivity contribution in [3.8, 4) is 11.1 Å². The molecule has 0 spiro atoms. The Labute approximate surface area is 202 Å². The molecule has 3 aromatic rings. The normalized spacial score (nSPS) is 14.9. The predicted octanol–water partition coefficient (Wildman–Crippen LogP) is 6.33. The average molecular weight is 461 g/mol. The Kier molecular flexibility index (Phi) is 7.11. The van der Waals surface area contributed by atoms with Gasteiger partial charge in [0.2, 0.25) is 0 Å². The number of aromatic carboxylic acids is 1. The maximum Gasteiger partial charge on any atom is 0.336 e. The van der Waals surface area contributed by atoms with E-state index in [4.69, 9.17) is 0 Å². The van der Waals surface area contributed by atoms with Gasteiger partial charge in [-0.2, -0.15) is 0 Å². The number of carboxylic acids is 1. The van der Waals surface area contributed by atoms with E-state index >= 15 is 0 Å². The fourth-order valence-electron chi connectivity index (χ4n) is 5.13. The predicted molar refractivity (Wildman–Crippen MR) is 137 cm³/mol. The second-order valence-electron chi connectivity index (χ2n) is 10.7. The molecule has 5 heteroatoms. The van der Waals surface area contributed by atoms with E-state index in [1.807, 2.05) is 45.5 Å². The molecule has 4 rings (SSSR count). The van der Waals surface area contributed by atoms with Crippen LogP contribution in [0.2, 0.25) is 0 Å². The Morgan fingerprint density at radius 3 is 2.32 bits per heavy atom. The van der Waals surface area contributed by atoms with E-state index in [1.165, 1.54) is 32.1 Å². The molecule has 1 saturated carbocycles. The fourth-order valence-corrected chi connectivity index (χ4v) is 5.13. The Balaban J connectivity index is 1.57. The number of aromatic nitrogens is 2. The van der Waals surface area contributed by atoms with Crippen molar-refractivity contribution in [3.05, 3.63) is 82.0 Å². The monoisotopic (exact) mass is 460 g/mol. The van der Waals surface area contributed by atoms with E-state index in [0.717, 1.165) is 35.7 Å². The standard InChI is InChI=1S/C29H36N2O3/c1-29(2,3)26-20-30(18-17-21-9-5-4-6-10-21)28(34)31(26)19-22-13-15-23(16-14-22)24-11-7-8-12-25(24)27(32)33/h7-8,11-16,20-21H,4-6,9-10,17-19H2,1-3H3,(H,32,33). The number of hydrogen-bond acceptors (Lipinski definition) is 2. The van der Waals surface area contributed by atoms with Gasteiger partial charge in [0.25, 0.3) is 0 Å². The smallest absolute Gasteiger partial charge is 0.336 e. The Hall–Kier alpha value is -3.08. The Morgan fingerprint density at radius 2 is 1.68 bits per heavy atom. The average Bonchev–Trinajstić information content (AvgIpc) is 3.14. The minimum atomic E-state index is -0.935. The van der Waals surface area contributed by atoms with Crippen molar-refractivity contribution in [1.82, 2.24) is 9.13 Å². The van der Waals surface area contributed by atoms with E-state index < -0.39 is 5.97 Å². The van der Waals surface area contributed by atoms with Gasteiger partial charge in [-0.1, -0.05) is 95.3 Å². The van der Waals surface area contributed by atoms with Gasteiger partial charge >= 0.3 is 11.7 Å². The summed E-state index contributed by atoms with van der Waals surface area (Å²) in [6.45, 7) is 7.73. The Morgan fingerprint density at radius 1 is 1.00 bits per heavy atom. The number of carboxylic acid groups (broad SMARTS) is 1. The summed E-state index contributed by atoms with van der Waals surface area (Å²) in [5, 5.41) is 9.50. The molecule has 0 amide bonds. The quantitative estimate of drug-likeness (QED) is 0.448. The number of rotatable bonds is 7. The van der Waals surface area contributed by atoms with Crippen molar-refractivity contribution in [2.24, 2.45) is 5.92 Å². The lowest BCUT2D eigenvalue weighted by molar-refractivity contribution is 0.0697. The molecule has 1 aliphatic carbocycles. The van der Waals surface area contributed by atoms with Gasteiger partial charge in [-0.15, -0.1) is 0 Å². The van der Waals surface area contributed by atoms with Gasteiger partial charge < -0.3 is 5.11 Å². The molecule has 1 aromatic heterocycles. The highest BCUT2D eigenvalue weighted by Crippen LogP contribution is 2.28. The molecule has 5 nitrogen and oxygen atoms in total. The zero-order chi connectivity index (χ0) is 24.3. The van der Waals surface area contributed by atoms with Gasteiger partial charge in [-0.05, 0) is 35.1 Å². The molecular formula is C29H36N2O3. The minimum Gasteiger partial charge on any atom is -0.478 e. The first kappa shape index (κ1) is 24.1. The maximum atomic E-state index is 13.4. The molecule has 1 fully saturated rings. The second kappa shape index (κ2) is 10.0. The third kappa shape index (κ3) is 5.35. The van der Waals surface area contributed by atoms with Crippen molar-refractivity contribution < 1.29 is 9.90 Å². The van der Waals surface area contributed by atoms with Crippen molar-refractivity contribution in [2.75, 3.05) is 0 Å². The van der Waals surface area contributed by atoms with Gasteiger partial charge in [0.15, 0.2) is 0 Å². The number of benzene rings is 2. The van der Waals surface area contributed by atoms with Crippen LogP contribution in [0, 0.1) is 5.92 Å². The highest BCUT2D eigenvalue weighted by atomic mass is 16.4. The van der Waals surface area contributed by atoms with Crippen LogP contribution in [0.3, 0.4) is 0 Å². The number of aryl methyl sites for hydroxylation is 1. The first-order valence-corrected chi connectivity index (χ1v) is 12.5. The first-order valence-electron chi connectivity index (χ1n) is 12.5. The molecule has 2 aromatic carbocycles. The summed E-state index contributed by atoms with van der Waals surface area (Å²) in [5.41, 5.74) is 3.82. The van der Waals surface area contributed by atoms with Crippen LogP contribution in [0.1, 0.15) is 80.9 Å². The van der Waals surface area contributed by atoms with E-state index in [0.29, 0.717) is 12.1 Å².